The van der Waals surface area contributed by atoms with Crippen molar-refractivity contribution >= 4 is 12.0 Å². The molecule has 1 saturated heterocycles. The van der Waals surface area contributed by atoms with Crippen LogP contribution in [0.15, 0.2) is 18.7 Å². The number of amides is 2. The zero-order valence-electron chi connectivity index (χ0n) is 12.1. The van der Waals surface area contributed by atoms with Crippen LogP contribution in [0.4, 0.5) is 4.79 Å². The Kier molecular flexibility index (Phi) is 5.59. The molecule has 1 fully saturated rings. The fraction of sp³-hybridized carbons (Fsp3) is 0.643. The predicted octanol–water partition coefficient (Wildman–Crippen LogP) is 1.31. The van der Waals surface area contributed by atoms with Gasteiger partial charge in [-0.15, -0.1) is 0 Å². The van der Waals surface area contributed by atoms with Gasteiger partial charge in [-0.25, -0.2) is 9.78 Å². The summed E-state index contributed by atoms with van der Waals surface area (Å²) in [5, 5.41) is 11.7. The Bertz CT molecular complexity index is 461. The third-order valence-corrected chi connectivity index (χ3v) is 3.73. The second-order valence-electron chi connectivity index (χ2n) is 5.33. The first-order valence-corrected chi connectivity index (χ1v) is 7.39. The number of hydrogen-bond acceptors (Lipinski definition) is 3. The number of hydrogen-bond donors (Lipinski definition) is 2. The topological polar surface area (TPSA) is 87.5 Å². The van der Waals surface area contributed by atoms with E-state index in [1.54, 1.807) is 17.4 Å². The van der Waals surface area contributed by atoms with E-state index < -0.39 is 5.97 Å². The summed E-state index contributed by atoms with van der Waals surface area (Å²) in [5.41, 5.74) is 0. The first kappa shape index (κ1) is 15.3. The Morgan fingerprint density at radius 2 is 2.24 bits per heavy atom. The van der Waals surface area contributed by atoms with E-state index in [1.165, 1.54) is 0 Å². The van der Waals surface area contributed by atoms with Crippen LogP contribution < -0.4 is 5.32 Å². The van der Waals surface area contributed by atoms with E-state index in [-0.39, 0.29) is 18.5 Å². The highest BCUT2D eigenvalue weighted by atomic mass is 16.4. The van der Waals surface area contributed by atoms with Crippen molar-refractivity contribution in [3.8, 4) is 0 Å². The number of imidazole rings is 1. The highest BCUT2D eigenvalue weighted by molar-refractivity contribution is 5.76. The summed E-state index contributed by atoms with van der Waals surface area (Å²) in [6, 6.07) is -0.296. The van der Waals surface area contributed by atoms with E-state index in [0.717, 1.165) is 32.2 Å². The number of aromatic nitrogens is 2. The molecule has 1 aliphatic heterocycles. The molecule has 0 spiro atoms. The van der Waals surface area contributed by atoms with E-state index >= 15 is 0 Å². The fourth-order valence-corrected chi connectivity index (χ4v) is 2.65. The Balaban J connectivity index is 1.63. The lowest BCUT2D eigenvalue weighted by Gasteiger charge is -2.23. The van der Waals surface area contributed by atoms with Crippen LogP contribution in [-0.4, -0.2) is 50.7 Å². The Hall–Kier alpha value is -2.05. The molecule has 1 aromatic heterocycles. The number of carbonyl (C=O) groups is 2. The molecule has 1 aromatic rings. The average molecular weight is 294 g/mol. The number of carboxylic acids is 1. The molecule has 0 radical (unpaired) electrons. The van der Waals surface area contributed by atoms with Crippen LogP contribution in [0.5, 0.6) is 0 Å². The number of carboxylic acid groups (broad SMARTS) is 1. The van der Waals surface area contributed by atoms with Gasteiger partial charge in [0.25, 0.3) is 0 Å². The maximum Gasteiger partial charge on any atom is 0.317 e. The van der Waals surface area contributed by atoms with Crippen molar-refractivity contribution in [2.45, 2.75) is 44.7 Å². The van der Waals surface area contributed by atoms with E-state index in [9.17, 15) is 9.59 Å². The molecule has 2 rings (SSSR count). The Labute approximate surface area is 124 Å². The molecule has 0 aliphatic carbocycles. The normalized spacial score (nSPS) is 17.9. The molecule has 2 heterocycles. The number of aliphatic carboxylic acids is 1. The van der Waals surface area contributed by atoms with Crippen molar-refractivity contribution in [1.29, 1.82) is 0 Å². The van der Waals surface area contributed by atoms with Crippen molar-refractivity contribution in [2.75, 3.05) is 13.1 Å². The lowest BCUT2D eigenvalue weighted by atomic mass is 10.1. The number of likely N-dealkylation sites (tertiary alicyclic amines) is 1. The molecule has 21 heavy (non-hydrogen) atoms. The van der Waals surface area contributed by atoms with Crippen molar-refractivity contribution < 1.29 is 14.7 Å². The Morgan fingerprint density at radius 1 is 1.38 bits per heavy atom. The molecule has 0 saturated carbocycles. The minimum absolute atomic E-state index is 0.0358. The molecule has 1 aliphatic rings. The van der Waals surface area contributed by atoms with Gasteiger partial charge >= 0.3 is 12.0 Å². The van der Waals surface area contributed by atoms with Gasteiger partial charge < -0.3 is 19.9 Å². The zero-order chi connectivity index (χ0) is 15.1. The molecule has 2 N–H and O–H groups in total. The van der Waals surface area contributed by atoms with Gasteiger partial charge in [0.1, 0.15) is 0 Å². The molecular formula is C14H22N4O3. The third kappa shape index (κ3) is 4.77. The molecule has 116 valence electrons. The molecule has 1 atom stereocenters. The first-order valence-electron chi connectivity index (χ1n) is 7.39. The molecule has 7 heteroatoms. The highest BCUT2D eigenvalue weighted by Gasteiger charge is 2.29. The molecule has 0 bridgehead atoms. The summed E-state index contributed by atoms with van der Waals surface area (Å²) in [4.78, 5) is 28.4. The van der Waals surface area contributed by atoms with Crippen LogP contribution in [0.2, 0.25) is 0 Å². The standard InChI is InChI=1S/C14H22N4O3/c19-13(20)10-12-4-3-8-18(12)14(21)16-5-1-2-7-17-9-6-15-11-17/h6,9,11-12H,1-5,7-8,10H2,(H,16,21)(H,19,20). The fourth-order valence-electron chi connectivity index (χ4n) is 2.65. The maximum atomic E-state index is 12.0. The van der Waals surface area contributed by atoms with Crippen LogP contribution in [0.1, 0.15) is 32.1 Å². The van der Waals surface area contributed by atoms with Crippen molar-refractivity contribution in [3.63, 3.8) is 0 Å². The maximum absolute atomic E-state index is 12.0. The summed E-state index contributed by atoms with van der Waals surface area (Å²) in [7, 11) is 0. The van der Waals surface area contributed by atoms with Crippen LogP contribution in [0.25, 0.3) is 0 Å². The second kappa shape index (κ2) is 7.66. The summed E-state index contributed by atoms with van der Waals surface area (Å²) in [6.45, 7) is 2.16. The average Bonchev–Trinajstić information content (AvgIpc) is 3.08. The van der Waals surface area contributed by atoms with Gasteiger partial charge in [0, 0.05) is 38.1 Å². The van der Waals surface area contributed by atoms with Crippen molar-refractivity contribution in [1.82, 2.24) is 19.8 Å². The number of unbranched alkanes of at least 4 members (excludes halogenated alkanes) is 1. The summed E-state index contributed by atoms with van der Waals surface area (Å²) in [5.74, 6) is -0.847. The minimum Gasteiger partial charge on any atom is -0.481 e. The molecule has 0 aromatic carbocycles. The van der Waals surface area contributed by atoms with E-state index in [2.05, 4.69) is 10.3 Å². The Morgan fingerprint density at radius 3 is 2.95 bits per heavy atom. The lowest BCUT2D eigenvalue weighted by molar-refractivity contribution is -0.137. The predicted molar refractivity (Wildman–Crippen MR) is 76.8 cm³/mol. The lowest BCUT2D eigenvalue weighted by Crippen LogP contribution is -2.43. The van der Waals surface area contributed by atoms with Gasteiger partial charge in [0.15, 0.2) is 0 Å². The van der Waals surface area contributed by atoms with Gasteiger partial charge in [0.05, 0.1) is 12.7 Å². The van der Waals surface area contributed by atoms with Gasteiger partial charge in [-0.3, -0.25) is 4.79 Å². The van der Waals surface area contributed by atoms with Gasteiger partial charge in [-0.2, -0.15) is 0 Å². The van der Waals surface area contributed by atoms with E-state index in [1.807, 2.05) is 10.8 Å². The zero-order valence-corrected chi connectivity index (χ0v) is 12.1. The molecule has 1 unspecified atom stereocenters. The first-order chi connectivity index (χ1) is 10.2. The van der Waals surface area contributed by atoms with Crippen LogP contribution in [0, 0.1) is 0 Å². The highest BCUT2D eigenvalue weighted by Crippen LogP contribution is 2.19. The van der Waals surface area contributed by atoms with Gasteiger partial charge in [-0.1, -0.05) is 0 Å². The smallest absolute Gasteiger partial charge is 0.317 e. The largest absolute Gasteiger partial charge is 0.481 e. The molecule has 7 nitrogen and oxygen atoms in total. The summed E-state index contributed by atoms with van der Waals surface area (Å²) >= 11 is 0. The third-order valence-electron chi connectivity index (χ3n) is 3.73. The van der Waals surface area contributed by atoms with E-state index in [0.29, 0.717) is 13.1 Å². The van der Waals surface area contributed by atoms with Crippen molar-refractivity contribution in [3.05, 3.63) is 18.7 Å². The van der Waals surface area contributed by atoms with E-state index in [4.69, 9.17) is 5.11 Å². The second-order valence-corrected chi connectivity index (χ2v) is 5.33. The SMILES string of the molecule is O=C(O)CC1CCCN1C(=O)NCCCCn1ccnc1. The molecule has 2 amide bonds. The number of aryl methyl sites for hydroxylation is 1. The summed E-state index contributed by atoms with van der Waals surface area (Å²) < 4.78 is 2.01. The number of urea groups is 1. The quantitative estimate of drug-likeness (QED) is 0.742. The van der Waals surface area contributed by atoms with Crippen molar-refractivity contribution in [2.24, 2.45) is 0 Å². The van der Waals surface area contributed by atoms with Crippen LogP contribution >= 0.6 is 0 Å². The monoisotopic (exact) mass is 294 g/mol. The number of nitrogens with zero attached hydrogens (tertiary/aromatic N) is 3. The number of carbonyl (C=O) groups excluding carboxylic acids is 1. The minimum atomic E-state index is -0.847. The molecular weight excluding hydrogens is 272 g/mol. The van der Waals surface area contributed by atoms with Gasteiger partial charge in [-0.05, 0) is 25.7 Å². The number of rotatable bonds is 7. The number of nitrogens with one attached hydrogen (secondary N) is 1. The van der Waals surface area contributed by atoms with Crippen LogP contribution in [-0.2, 0) is 11.3 Å². The van der Waals surface area contributed by atoms with Crippen LogP contribution in [0.3, 0.4) is 0 Å². The summed E-state index contributed by atoms with van der Waals surface area (Å²) in [6.07, 6.45) is 8.99. The van der Waals surface area contributed by atoms with Gasteiger partial charge in [0.2, 0.25) is 0 Å².